The Labute approximate surface area is 172 Å². The number of ether oxygens (including phenoxy) is 2. The van der Waals surface area contributed by atoms with Crippen molar-refractivity contribution < 1.29 is 19.0 Å². The number of para-hydroxylation sites is 1. The second kappa shape index (κ2) is 10.6. The van der Waals surface area contributed by atoms with Crippen LogP contribution in [0.4, 0.5) is 4.39 Å². The Morgan fingerprint density at radius 2 is 1.75 bits per heavy atom. The van der Waals surface area contributed by atoms with Crippen LogP contribution in [0.15, 0.2) is 42.5 Å². The van der Waals surface area contributed by atoms with E-state index < -0.39 is 6.10 Å². The molecule has 2 aromatic rings. The summed E-state index contributed by atoms with van der Waals surface area (Å²) in [4.78, 5) is 2.41. The second-order valence-electron chi connectivity index (χ2n) is 7.08. The van der Waals surface area contributed by atoms with Crippen LogP contribution >= 0.6 is 12.4 Å². The first-order chi connectivity index (χ1) is 13.1. The third kappa shape index (κ3) is 5.37. The number of aliphatic hydroxyl groups excluding tert-OH is 1. The van der Waals surface area contributed by atoms with Crippen LogP contribution in [-0.4, -0.2) is 43.9 Å². The van der Waals surface area contributed by atoms with Crippen molar-refractivity contribution in [3.63, 3.8) is 0 Å². The average Bonchev–Trinajstić information content (AvgIpc) is 2.72. The molecule has 1 aliphatic rings. The number of nitrogens with zero attached hydrogens (tertiary/aromatic N) is 1. The number of likely N-dealkylation sites (tertiary alicyclic amines) is 1. The molecular weight excluding hydrogens is 381 g/mol. The van der Waals surface area contributed by atoms with E-state index in [1.54, 1.807) is 14.2 Å². The molecule has 0 saturated carbocycles. The molecule has 1 heterocycles. The van der Waals surface area contributed by atoms with Crippen molar-refractivity contribution in [2.45, 2.75) is 25.4 Å². The molecule has 0 spiro atoms. The number of halogens is 2. The lowest BCUT2D eigenvalue weighted by Crippen LogP contribution is -2.36. The van der Waals surface area contributed by atoms with Gasteiger partial charge in [0.15, 0.2) is 11.5 Å². The maximum atomic E-state index is 13.0. The van der Waals surface area contributed by atoms with E-state index >= 15 is 0 Å². The zero-order valence-corrected chi connectivity index (χ0v) is 17.3. The van der Waals surface area contributed by atoms with Crippen molar-refractivity contribution >= 4 is 12.4 Å². The number of methoxy groups -OCH3 is 2. The monoisotopic (exact) mass is 409 g/mol. The number of hydrogen-bond donors (Lipinski definition) is 1. The summed E-state index contributed by atoms with van der Waals surface area (Å²) < 4.78 is 23.8. The van der Waals surface area contributed by atoms with E-state index in [9.17, 15) is 9.50 Å². The van der Waals surface area contributed by atoms with E-state index in [1.165, 1.54) is 12.1 Å². The van der Waals surface area contributed by atoms with Crippen LogP contribution in [-0.2, 0) is 6.42 Å². The van der Waals surface area contributed by atoms with E-state index in [4.69, 9.17) is 9.47 Å². The first-order valence-corrected chi connectivity index (χ1v) is 9.48. The number of aliphatic hydroxyl groups is 1. The van der Waals surface area contributed by atoms with Gasteiger partial charge in [-0.15, -0.1) is 12.4 Å². The highest BCUT2D eigenvalue weighted by Crippen LogP contribution is 2.39. The lowest BCUT2D eigenvalue weighted by atomic mass is 9.87. The van der Waals surface area contributed by atoms with E-state index in [0.717, 1.165) is 50.0 Å². The molecule has 1 saturated heterocycles. The van der Waals surface area contributed by atoms with Gasteiger partial charge in [0, 0.05) is 12.1 Å². The normalized spacial score (nSPS) is 16.3. The van der Waals surface area contributed by atoms with Gasteiger partial charge in [0.2, 0.25) is 0 Å². The molecule has 0 aliphatic carbocycles. The van der Waals surface area contributed by atoms with Crippen LogP contribution in [0.3, 0.4) is 0 Å². The summed E-state index contributed by atoms with van der Waals surface area (Å²) in [6, 6.07) is 12.4. The molecule has 0 aromatic heterocycles. The highest BCUT2D eigenvalue weighted by atomic mass is 35.5. The molecular formula is C22H29ClFNO3. The molecule has 1 aliphatic heterocycles. The highest BCUT2D eigenvalue weighted by molar-refractivity contribution is 5.85. The van der Waals surface area contributed by atoms with Gasteiger partial charge in [0.25, 0.3) is 0 Å². The van der Waals surface area contributed by atoms with Gasteiger partial charge in [-0.25, -0.2) is 4.39 Å². The van der Waals surface area contributed by atoms with Gasteiger partial charge < -0.3 is 19.5 Å². The molecule has 1 atom stereocenters. The molecule has 0 radical (unpaired) electrons. The summed E-state index contributed by atoms with van der Waals surface area (Å²) in [6.45, 7) is 2.86. The summed E-state index contributed by atoms with van der Waals surface area (Å²) in [5.41, 5.74) is 1.95. The van der Waals surface area contributed by atoms with Gasteiger partial charge >= 0.3 is 0 Å². The Hall–Kier alpha value is -1.82. The molecule has 2 aromatic carbocycles. The van der Waals surface area contributed by atoms with Gasteiger partial charge in [-0.3, -0.25) is 0 Å². The van der Waals surface area contributed by atoms with Crippen LogP contribution in [0.1, 0.15) is 30.1 Å². The van der Waals surface area contributed by atoms with Crippen molar-refractivity contribution in [2.75, 3.05) is 33.9 Å². The fourth-order valence-corrected chi connectivity index (χ4v) is 3.83. The Morgan fingerprint density at radius 3 is 2.36 bits per heavy atom. The molecule has 3 rings (SSSR count). The summed E-state index contributed by atoms with van der Waals surface area (Å²) in [6.07, 6.45) is 2.22. The fourth-order valence-electron chi connectivity index (χ4n) is 3.83. The topological polar surface area (TPSA) is 41.9 Å². The molecule has 28 heavy (non-hydrogen) atoms. The summed E-state index contributed by atoms with van der Waals surface area (Å²) >= 11 is 0. The fraction of sp³-hybridized carbons (Fsp3) is 0.455. The average molecular weight is 410 g/mol. The van der Waals surface area contributed by atoms with Crippen molar-refractivity contribution in [2.24, 2.45) is 5.92 Å². The lowest BCUT2D eigenvalue weighted by molar-refractivity contribution is 0.0573. The lowest BCUT2D eigenvalue weighted by Gasteiger charge is -2.34. The van der Waals surface area contributed by atoms with Gasteiger partial charge in [-0.05, 0) is 62.0 Å². The van der Waals surface area contributed by atoms with E-state index in [-0.39, 0.29) is 24.1 Å². The molecule has 0 bridgehead atoms. The maximum absolute atomic E-state index is 13.0. The van der Waals surface area contributed by atoms with E-state index in [1.807, 2.05) is 30.3 Å². The first kappa shape index (κ1) is 22.5. The van der Waals surface area contributed by atoms with Crippen molar-refractivity contribution in [1.29, 1.82) is 0 Å². The van der Waals surface area contributed by atoms with Crippen LogP contribution in [0.2, 0.25) is 0 Å². The van der Waals surface area contributed by atoms with E-state index in [2.05, 4.69) is 4.90 Å². The van der Waals surface area contributed by atoms with Crippen LogP contribution in [0, 0.1) is 11.7 Å². The number of benzene rings is 2. The predicted molar refractivity (Wildman–Crippen MR) is 111 cm³/mol. The molecule has 154 valence electrons. The molecule has 0 amide bonds. The summed E-state index contributed by atoms with van der Waals surface area (Å²) in [7, 11) is 3.21. The molecule has 0 unspecified atom stereocenters. The van der Waals surface area contributed by atoms with E-state index in [0.29, 0.717) is 11.5 Å². The van der Waals surface area contributed by atoms with Gasteiger partial charge in [0.1, 0.15) is 5.82 Å². The molecule has 6 heteroatoms. The highest BCUT2D eigenvalue weighted by Gasteiger charge is 2.28. The molecule has 4 nitrogen and oxygen atoms in total. The zero-order chi connectivity index (χ0) is 19.2. The number of rotatable bonds is 7. The van der Waals surface area contributed by atoms with Gasteiger partial charge in [-0.2, -0.15) is 0 Å². The Balaban J connectivity index is 0.00000280. The van der Waals surface area contributed by atoms with Gasteiger partial charge in [-0.1, -0.05) is 24.3 Å². The maximum Gasteiger partial charge on any atom is 0.166 e. The quantitative estimate of drug-likeness (QED) is 0.742. The van der Waals surface area contributed by atoms with Crippen molar-refractivity contribution in [3.05, 3.63) is 59.4 Å². The van der Waals surface area contributed by atoms with Crippen LogP contribution in [0.25, 0.3) is 0 Å². The minimum atomic E-state index is -0.561. The summed E-state index contributed by atoms with van der Waals surface area (Å²) in [5.74, 6) is 1.27. The minimum absolute atomic E-state index is 0. The van der Waals surface area contributed by atoms with Crippen LogP contribution < -0.4 is 9.47 Å². The Bertz CT molecular complexity index is 733. The third-order valence-corrected chi connectivity index (χ3v) is 5.46. The smallest absolute Gasteiger partial charge is 0.166 e. The Kier molecular flexibility index (Phi) is 8.55. The predicted octanol–water partition coefficient (Wildman–Crippen LogP) is 4.25. The third-order valence-electron chi connectivity index (χ3n) is 5.46. The second-order valence-corrected chi connectivity index (χ2v) is 7.08. The standard InChI is InChI=1S/C22H28FNO3.ClH/c1-26-20-5-3-4-19(22(20)27-2)21(25)17-11-14-24(15-12-17)13-10-16-6-8-18(23)9-7-16;/h3-9,17,21,25H,10-15H2,1-2H3;1H/t21-;/m1./s1. The number of hydrogen-bond acceptors (Lipinski definition) is 4. The zero-order valence-electron chi connectivity index (χ0n) is 16.4. The van der Waals surface area contributed by atoms with Crippen LogP contribution in [0.5, 0.6) is 11.5 Å². The van der Waals surface area contributed by atoms with Gasteiger partial charge in [0.05, 0.1) is 20.3 Å². The minimum Gasteiger partial charge on any atom is -0.493 e. The summed E-state index contributed by atoms with van der Waals surface area (Å²) in [5, 5.41) is 10.9. The Morgan fingerprint density at radius 1 is 1.07 bits per heavy atom. The molecule has 1 N–H and O–H groups in total. The van der Waals surface area contributed by atoms with Crippen molar-refractivity contribution in [3.8, 4) is 11.5 Å². The molecule has 1 fully saturated rings. The van der Waals surface area contributed by atoms with Crippen molar-refractivity contribution in [1.82, 2.24) is 4.90 Å². The largest absolute Gasteiger partial charge is 0.493 e. The first-order valence-electron chi connectivity index (χ1n) is 9.48. The SMILES string of the molecule is COc1cccc([C@H](O)C2CCN(CCc3ccc(F)cc3)CC2)c1OC.Cl. The number of piperidine rings is 1.